The lowest BCUT2D eigenvalue weighted by Crippen LogP contribution is -1.72. The predicted molar refractivity (Wildman–Crippen MR) is 28.8 cm³/mol. The van der Waals surface area contributed by atoms with E-state index in [0.29, 0.717) is 0 Å². The van der Waals surface area contributed by atoms with Crippen molar-refractivity contribution in [3.63, 3.8) is 0 Å². The highest BCUT2D eigenvalue weighted by atomic mass is 79.9. The SMILES string of the molecule is O=[C]/C=C\C(=O)Br. The molecule has 0 aliphatic heterocycles. The van der Waals surface area contributed by atoms with Crippen molar-refractivity contribution in [2.75, 3.05) is 0 Å². The van der Waals surface area contributed by atoms with Crippen LogP contribution in [0.25, 0.3) is 0 Å². The molecule has 3 heteroatoms. The molecule has 0 amide bonds. The summed E-state index contributed by atoms with van der Waals surface area (Å²) in [6.45, 7) is 0. The van der Waals surface area contributed by atoms with E-state index in [1.807, 2.05) is 0 Å². The Balaban J connectivity index is 3.46. The molecule has 0 saturated carbocycles. The van der Waals surface area contributed by atoms with Crippen LogP contribution in [0.4, 0.5) is 0 Å². The fraction of sp³-hybridized carbons (Fsp3) is 0. The maximum atomic E-state index is 9.85. The van der Waals surface area contributed by atoms with Crippen molar-refractivity contribution in [1.29, 1.82) is 0 Å². The van der Waals surface area contributed by atoms with Crippen molar-refractivity contribution in [2.24, 2.45) is 0 Å². The molecule has 0 N–H and O–H groups in total. The van der Waals surface area contributed by atoms with Crippen LogP contribution >= 0.6 is 15.9 Å². The number of carbonyl (C=O) groups is 1. The molecule has 0 heterocycles. The summed E-state index contributed by atoms with van der Waals surface area (Å²) < 4.78 is -0.323. The first-order valence-electron chi connectivity index (χ1n) is 1.51. The first-order valence-corrected chi connectivity index (χ1v) is 2.30. The van der Waals surface area contributed by atoms with Gasteiger partial charge in [0.1, 0.15) is 0 Å². The molecule has 0 atom stereocenters. The molecule has 0 spiro atoms. The van der Waals surface area contributed by atoms with Crippen molar-refractivity contribution in [2.45, 2.75) is 0 Å². The number of rotatable bonds is 2. The van der Waals surface area contributed by atoms with Gasteiger partial charge in [-0.15, -0.1) is 0 Å². The fourth-order valence-corrected chi connectivity index (χ4v) is 0.232. The smallest absolute Gasteiger partial charge is 0.225 e. The van der Waals surface area contributed by atoms with Crippen molar-refractivity contribution in [1.82, 2.24) is 0 Å². The van der Waals surface area contributed by atoms with Crippen LogP contribution < -0.4 is 0 Å². The second-order valence-electron chi connectivity index (χ2n) is 0.755. The summed E-state index contributed by atoms with van der Waals surface area (Å²) in [6, 6.07) is 0. The van der Waals surface area contributed by atoms with E-state index in [-0.39, 0.29) is 4.69 Å². The van der Waals surface area contributed by atoms with Crippen molar-refractivity contribution in [3.8, 4) is 0 Å². The summed E-state index contributed by atoms with van der Waals surface area (Å²) >= 11 is 2.57. The standard InChI is InChI=1S/C4H2BrO2/c5-4(7)2-1-3-6/h1-2H/b2-1-. The number of allylic oxidation sites excluding steroid dienone is 2. The molecule has 0 aromatic heterocycles. The summed E-state index contributed by atoms with van der Waals surface area (Å²) in [7, 11) is 0. The molecular weight excluding hydrogens is 160 g/mol. The van der Waals surface area contributed by atoms with Gasteiger partial charge in [-0.05, 0) is 28.1 Å². The molecular formula is C4H2BrO2. The lowest BCUT2D eigenvalue weighted by Gasteiger charge is -1.64. The van der Waals surface area contributed by atoms with E-state index >= 15 is 0 Å². The molecule has 0 fully saturated rings. The third-order valence-electron chi connectivity index (χ3n) is 0.282. The second kappa shape index (κ2) is 3.74. The van der Waals surface area contributed by atoms with E-state index in [9.17, 15) is 9.59 Å². The Hall–Kier alpha value is -0.440. The van der Waals surface area contributed by atoms with E-state index in [2.05, 4.69) is 15.9 Å². The minimum atomic E-state index is -0.323. The predicted octanol–water partition coefficient (Wildman–Crippen LogP) is 0.574. The van der Waals surface area contributed by atoms with Gasteiger partial charge in [-0.25, -0.2) is 0 Å². The Bertz CT molecular complexity index is 106. The Morgan fingerprint density at radius 3 is 2.43 bits per heavy atom. The Morgan fingerprint density at radius 1 is 1.71 bits per heavy atom. The Morgan fingerprint density at radius 2 is 2.29 bits per heavy atom. The van der Waals surface area contributed by atoms with Crippen LogP contribution in [-0.2, 0) is 9.59 Å². The molecule has 0 saturated heterocycles. The van der Waals surface area contributed by atoms with Crippen LogP contribution in [-0.4, -0.2) is 11.0 Å². The maximum absolute atomic E-state index is 9.85. The van der Waals surface area contributed by atoms with Crippen molar-refractivity contribution >= 4 is 26.9 Å². The Kier molecular flexibility index (Phi) is 3.50. The molecule has 0 aliphatic rings. The van der Waals surface area contributed by atoms with E-state index < -0.39 is 0 Å². The third kappa shape index (κ3) is 5.56. The van der Waals surface area contributed by atoms with Crippen molar-refractivity contribution in [3.05, 3.63) is 12.2 Å². The quantitative estimate of drug-likeness (QED) is 0.439. The van der Waals surface area contributed by atoms with Gasteiger partial charge in [0, 0.05) is 0 Å². The number of carbonyl (C=O) groups excluding carboxylic acids is 2. The molecule has 0 unspecified atom stereocenters. The molecule has 0 aromatic rings. The molecule has 0 rings (SSSR count). The molecule has 1 radical (unpaired) electrons. The molecule has 0 aromatic carbocycles. The van der Waals surface area contributed by atoms with E-state index in [4.69, 9.17) is 0 Å². The van der Waals surface area contributed by atoms with Gasteiger partial charge in [-0.3, -0.25) is 9.59 Å². The van der Waals surface area contributed by atoms with Gasteiger partial charge in [0.05, 0.1) is 0 Å². The third-order valence-corrected chi connectivity index (χ3v) is 0.547. The summed E-state index contributed by atoms with van der Waals surface area (Å²) in [5, 5.41) is 0. The molecule has 0 aliphatic carbocycles. The normalized spacial score (nSPS) is 9.29. The Labute approximate surface area is 49.3 Å². The van der Waals surface area contributed by atoms with Gasteiger partial charge >= 0.3 is 0 Å². The van der Waals surface area contributed by atoms with Crippen LogP contribution in [0.5, 0.6) is 0 Å². The molecule has 0 bridgehead atoms. The topological polar surface area (TPSA) is 34.1 Å². The highest BCUT2D eigenvalue weighted by molar-refractivity contribution is 9.18. The zero-order valence-corrected chi connectivity index (χ0v) is 4.94. The largest absolute Gasteiger partial charge is 0.286 e. The lowest BCUT2D eigenvalue weighted by atomic mass is 10.6. The summed E-state index contributed by atoms with van der Waals surface area (Å²) in [6.07, 6.45) is 3.49. The van der Waals surface area contributed by atoms with Crippen LogP contribution in [0.3, 0.4) is 0 Å². The minimum Gasteiger partial charge on any atom is -0.286 e. The van der Waals surface area contributed by atoms with Gasteiger partial charge in [0.2, 0.25) is 11.0 Å². The average Bonchev–Trinajstić information content (AvgIpc) is 1.61. The second-order valence-corrected chi connectivity index (χ2v) is 1.54. The van der Waals surface area contributed by atoms with Gasteiger partial charge < -0.3 is 0 Å². The minimum absolute atomic E-state index is 0.323. The highest BCUT2D eigenvalue weighted by Gasteiger charge is 1.79. The number of hydrogen-bond acceptors (Lipinski definition) is 2. The monoisotopic (exact) mass is 161 g/mol. The lowest BCUT2D eigenvalue weighted by molar-refractivity contribution is -0.106. The first kappa shape index (κ1) is 6.56. The highest BCUT2D eigenvalue weighted by Crippen LogP contribution is 1.82. The van der Waals surface area contributed by atoms with Crippen molar-refractivity contribution < 1.29 is 9.59 Å². The van der Waals surface area contributed by atoms with Crippen LogP contribution in [0.15, 0.2) is 12.2 Å². The van der Waals surface area contributed by atoms with E-state index in [1.54, 1.807) is 0 Å². The summed E-state index contributed by atoms with van der Waals surface area (Å²) in [5.41, 5.74) is 0. The van der Waals surface area contributed by atoms with Gasteiger partial charge in [0.15, 0.2) is 0 Å². The maximum Gasteiger partial charge on any atom is 0.225 e. The first-order chi connectivity index (χ1) is 3.27. The molecule has 7 heavy (non-hydrogen) atoms. The number of hydrogen-bond donors (Lipinski definition) is 0. The fourth-order valence-electron chi connectivity index (χ4n) is 0.0995. The van der Waals surface area contributed by atoms with Crippen LogP contribution in [0.2, 0.25) is 0 Å². The van der Waals surface area contributed by atoms with Crippen LogP contribution in [0.1, 0.15) is 0 Å². The van der Waals surface area contributed by atoms with E-state index in [0.717, 1.165) is 12.2 Å². The average molecular weight is 162 g/mol. The van der Waals surface area contributed by atoms with E-state index in [1.165, 1.54) is 6.29 Å². The van der Waals surface area contributed by atoms with Gasteiger partial charge in [-0.1, -0.05) is 0 Å². The van der Waals surface area contributed by atoms with Crippen LogP contribution in [0, 0.1) is 0 Å². The van der Waals surface area contributed by atoms with Gasteiger partial charge in [0.25, 0.3) is 0 Å². The van der Waals surface area contributed by atoms with Gasteiger partial charge in [-0.2, -0.15) is 0 Å². The zero-order chi connectivity index (χ0) is 5.70. The summed E-state index contributed by atoms with van der Waals surface area (Å²) in [5.74, 6) is 0. The zero-order valence-electron chi connectivity index (χ0n) is 3.35. The number of halogens is 1. The molecule has 2 nitrogen and oxygen atoms in total. The molecule has 37 valence electrons. The summed E-state index contributed by atoms with van der Waals surface area (Å²) in [4.78, 5) is 19.2.